The van der Waals surface area contributed by atoms with Gasteiger partial charge in [-0.25, -0.2) is 4.98 Å². The van der Waals surface area contributed by atoms with Gasteiger partial charge in [-0.2, -0.15) is 0 Å². The number of anilines is 2. The maximum absolute atomic E-state index is 6.91. The van der Waals surface area contributed by atoms with Crippen LogP contribution in [0.3, 0.4) is 0 Å². The van der Waals surface area contributed by atoms with Crippen molar-refractivity contribution in [2.45, 2.75) is 97.8 Å². The second-order valence-corrected chi connectivity index (χ2v) is 21.5. The van der Waals surface area contributed by atoms with Crippen molar-refractivity contribution < 1.29 is 4.74 Å². The minimum Gasteiger partial charge on any atom is -0.457 e. The van der Waals surface area contributed by atoms with Gasteiger partial charge in [-0.1, -0.05) is 143 Å². The fraction of sp³-hybridized carbons (Fsp3) is 0.271. The Kier molecular flexibility index (Phi) is 9.54. The van der Waals surface area contributed by atoms with Crippen LogP contribution in [0.15, 0.2) is 152 Å². The van der Waals surface area contributed by atoms with E-state index in [2.05, 4.69) is 236 Å². The van der Waals surface area contributed by atoms with Crippen molar-refractivity contribution in [3.63, 3.8) is 0 Å². The first-order chi connectivity index (χ1) is 30.3. The lowest BCUT2D eigenvalue weighted by atomic mass is 9.78. The van der Waals surface area contributed by atoms with Crippen LogP contribution in [-0.2, 0) is 21.7 Å². The average Bonchev–Trinajstić information content (AvgIpc) is 3.86. The molecule has 8 aromatic rings. The molecule has 2 aliphatic heterocycles. The molecule has 0 N–H and O–H groups in total. The van der Waals surface area contributed by atoms with Gasteiger partial charge < -0.3 is 14.5 Å². The smallest absolute Gasteiger partial charge is 0.137 e. The zero-order valence-corrected chi connectivity index (χ0v) is 39.3. The van der Waals surface area contributed by atoms with Gasteiger partial charge in [0, 0.05) is 57.5 Å². The summed E-state index contributed by atoms with van der Waals surface area (Å²) in [7, 11) is 0. The number of benzene rings is 6. The first-order valence-electron chi connectivity index (χ1n) is 22.8. The van der Waals surface area contributed by atoms with E-state index < -0.39 is 0 Å². The number of fused-ring (bicyclic) bond motifs is 9. The maximum Gasteiger partial charge on any atom is 0.137 e. The normalized spacial score (nSPS) is 14.1. The molecule has 10 rings (SSSR count). The molecular weight excluding hydrogens is 781 g/mol. The van der Waals surface area contributed by atoms with Crippen molar-refractivity contribution in [1.82, 2.24) is 9.55 Å². The van der Waals surface area contributed by atoms with Crippen LogP contribution in [0.4, 0.5) is 11.4 Å². The number of pyridine rings is 1. The predicted octanol–water partition coefficient (Wildman–Crippen LogP) is 15.5. The molecule has 0 aliphatic carbocycles. The molecule has 2 aliphatic rings. The molecule has 0 bridgehead atoms. The molecule has 0 fully saturated rings. The lowest BCUT2D eigenvalue weighted by Crippen LogP contribution is -2.29. The first kappa shape index (κ1) is 41.4. The van der Waals surface area contributed by atoms with E-state index >= 15 is 0 Å². The number of rotatable bonds is 6. The molecule has 2 aromatic heterocycles. The van der Waals surface area contributed by atoms with Crippen LogP contribution in [0.25, 0.3) is 44.4 Å². The average molecular weight is 841 g/mol. The molecule has 64 heavy (non-hydrogen) atoms. The number of ether oxygens (including phenoxy) is 1. The standard InChI is InChI=1S/C59H60N4O/c1-56(2,3)39-21-26-51-50(32-39)49-25-23-45(35-53(49)63(51)55-33-40(27-28-60-55)59(10,11)38-17-13-12-14-18-38)64-44-22-24-48-46-19-15-16-20-47(46)54-36-61(37-62(54)52(48)34-44)43-30-41(57(4,5)6)29-42(31-43)58(7,8)9/h12-36H,37H2,1-11H3. The minimum absolute atomic E-state index is 0.00373. The summed E-state index contributed by atoms with van der Waals surface area (Å²) in [6.45, 7) is 25.9. The van der Waals surface area contributed by atoms with Crippen molar-refractivity contribution >= 4 is 38.9 Å². The third kappa shape index (κ3) is 7.16. The van der Waals surface area contributed by atoms with Crippen molar-refractivity contribution in [3.05, 3.63) is 185 Å². The number of hydrogen-bond acceptors (Lipinski definition) is 4. The van der Waals surface area contributed by atoms with E-state index in [4.69, 9.17) is 9.72 Å². The van der Waals surface area contributed by atoms with Gasteiger partial charge in [0.25, 0.3) is 0 Å². The van der Waals surface area contributed by atoms with Gasteiger partial charge in [-0.05, 0) is 110 Å². The van der Waals surface area contributed by atoms with Crippen LogP contribution in [0, 0.1) is 0 Å². The van der Waals surface area contributed by atoms with Crippen LogP contribution in [0.2, 0.25) is 0 Å². The van der Waals surface area contributed by atoms with E-state index in [1.54, 1.807) is 0 Å². The molecular formula is C59H60N4O. The van der Waals surface area contributed by atoms with Crippen LogP contribution >= 0.6 is 0 Å². The van der Waals surface area contributed by atoms with E-state index in [-0.39, 0.29) is 21.7 Å². The topological polar surface area (TPSA) is 33.5 Å². The van der Waals surface area contributed by atoms with E-state index in [0.717, 1.165) is 34.0 Å². The SMILES string of the molecule is CC(C)(C)c1cc(N2C=C3c4ccccc4-c4ccc(Oc5ccc6c7cc(C(C)(C)C)ccc7n(-c7cc(C(C)(C)c8ccccc8)ccn7)c6c5)cc4N3C2)cc(C(C)(C)C)c1. The van der Waals surface area contributed by atoms with Crippen molar-refractivity contribution in [2.24, 2.45) is 0 Å². The summed E-state index contributed by atoms with van der Waals surface area (Å²) in [5.74, 6) is 2.45. The van der Waals surface area contributed by atoms with Crippen molar-refractivity contribution in [3.8, 4) is 28.4 Å². The number of nitrogens with zero attached hydrogens (tertiary/aromatic N) is 4. The molecule has 0 saturated heterocycles. The van der Waals surface area contributed by atoms with Gasteiger partial charge in [0.1, 0.15) is 17.3 Å². The van der Waals surface area contributed by atoms with Gasteiger partial charge in [-0.3, -0.25) is 4.57 Å². The third-order valence-electron chi connectivity index (χ3n) is 13.6. The van der Waals surface area contributed by atoms with E-state index in [0.29, 0.717) is 6.67 Å². The van der Waals surface area contributed by atoms with Gasteiger partial charge in [0.05, 0.1) is 29.1 Å². The highest BCUT2D eigenvalue weighted by Gasteiger charge is 2.34. The second-order valence-electron chi connectivity index (χ2n) is 21.5. The molecule has 0 unspecified atom stereocenters. The highest BCUT2D eigenvalue weighted by atomic mass is 16.5. The zero-order chi connectivity index (χ0) is 44.9. The Morgan fingerprint density at radius 2 is 1.14 bits per heavy atom. The summed E-state index contributed by atoms with van der Waals surface area (Å²) in [5.41, 5.74) is 15.7. The second kappa shape index (κ2) is 14.7. The molecule has 0 saturated carbocycles. The quantitative estimate of drug-likeness (QED) is 0.167. The Labute approximate surface area is 379 Å². The van der Waals surface area contributed by atoms with Gasteiger partial charge in [0.15, 0.2) is 0 Å². The van der Waals surface area contributed by atoms with Gasteiger partial charge >= 0.3 is 0 Å². The molecule has 0 amide bonds. The molecule has 0 radical (unpaired) electrons. The Bertz CT molecular complexity index is 3120. The number of aromatic nitrogens is 2. The summed E-state index contributed by atoms with van der Waals surface area (Å²) in [5, 5.41) is 2.37. The van der Waals surface area contributed by atoms with E-state index in [1.807, 2.05) is 6.20 Å². The molecule has 0 spiro atoms. The Balaban J connectivity index is 1.06. The van der Waals surface area contributed by atoms with Crippen LogP contribution in [0.1, 0.15) is 110 Å². The lowest BCUT2D eigenvalue weighted by molar-refractivity contribution is 0.483. The Morgan fingerprint density at radius 1 is 0.484 bits per heavy atom. The molecule has 4 heterocycles. The third-order valence-corrected chi connectivity index (χ3v) is 13.6. The largest absolute Gasteiger partial charge is 0.457 e. The summed E-state index contributed by atoms with van der Waals surface area (Å²) < 4.78 is 9.23. The first-order valence-corrected chi connectivity index (χ1v) is 22.8. The van der Waals surface area contributed by atoms with Crippen molar-refractivity contribution in [1.29, 1.82) is 0 Å². The highest BCUT2D eigenvalue weighted by Crippen LogP contribution is 2.49. The van der Waals surface area contributed by atoms with E-state index in [1.165, 1.54) is 66.7 Å². The summed E-state index contributed by atoms with van der Waals surface area (Å²) in [6.07, 6.45) is 4.29. The summed E-state index contributed by atoms with van der Waals surface area (Å²) in [6, 6.07) is 51.1. The van der Waals surface area contributed by atoms with Crippen LogP contribution < -0.4 is 14.5 Å². The predicted molar refractivity (Wildman–Crippen MR) is 269 cm³/mol. The molecule has 6 aromatic carbocycles. The van der Waals surface area contributed by atoms with Gasteiger partial charge in [0.2, 0.25) is 0 Å². The van der Waals surface area contributed by atoms with Gasteiger partial charge in [-0.15, -0.1) is 0 Å². The summed E-state index contributed by atoms with van der Waals surface area (Å²) >= 11 is 0. The lowest BCUT2D eigenvalue weighted by Gasteiger charge is -2.32. The maximum atomic E-state index is 6.91. The van der Waals surface area contributed by atoms with E-state index in [9.17, 15) is 0 Å². The number of hydrogen-bond donors (Lipinski definition) is 0. The minimum atomic E-state index is -0.217. The molecule has 5 nitrogen and oxygen atoms in total. The monoisotopic (exact) mass is 840 g/mol. The van der Waals surface area contributed by atoms with Crippen LogP contribution in [0.5, 0.6) is 11.5 Å². The molecule has 5 heteroatoms. The molecule has 0 atom stereocenters. The Morgan fingerprint density at radius 3 is 1.84 bits per heavy atom. The van der Waals surface area contributed by atoms with Crippen LogP contribution in [-0.4, -0.2) is 16.2 Å². The van der Waals surface area contributed by atoms with Crippen molar-refractivity contribution in [2.75, 3.05) is 16.5 Å². The highest BCUT2D eigenvalue weighted by molar-refractivity contribution is 6.10. The molecule has 322 valence electrons. The fourth-order valence-corrected chi connectivity index (χ4v) is 9.54. The summed E-state index contributed by atoms with van der Waals surface area (Å²) in [4.78, 5) is 9.91. The zero-order valence-electron chi connectivity index (χ0n) is 39.3. The Hall–Kier alpha value is -6.59. The fourth-order valence-electron chi connectivity index (χ4n) is 9.54.